The Morgan fingerprint density at radius 3 is 2.76 bits per heavy atom. The second kappa shape index (κ2) is 9.49. The minimum absolute atomic E-state index is 0.0875. The number of anilines is 1. The van der Waals surface area contributed by atoms with Crippen molar-refractivity contribution in [2.75, 3.05) is 18.5 Å². The number of nitrogens with zero attached hydrogens (tertiary/aromatic N) is 1. The molecule has 0 atom stereocenters. The lowest BCUT2D eigenvalue weighted by Gasteiger charge is -2.07. The standard InChI is InChI=1S/C18H19N3O5S3/c19-9-13-12-5-2-1-3-6-14(12)28-18(13)21-15(22)11-26-16(23)10-20-29(24,25)17-7-4-8-27-17/h4,7-8,20H,1-3,5-6,10-11H2,(H,21,22). The highest BCUT2D eigenvalue weighted by Crippen LogP contribution is 2.36. The molecule has 3 rings (SSSR count). The molecule has 11 heteroatoms. The molecule has 1 aliphatic rings. The molecule has 154 valence electrons. The number of esters is 1. The Bertz CT molecular complexity index is 1040. The van der Waals surface area contributed by atoms with Crippen LogP contribution < -0.4 is 10.0 Å². The van der Waals surface area contributed by atoms with Gasteiger partial charge in [0.05, 0.1) is 5.56 Å². The monoisotopic (exact) mass is 453 g/mol. The van der Waals surface area contributed by atoms with Crippen LogP contribution in [-0.4, -0.2) is 33.4 Å². The summed E-state index contributed by atoms with van der Waals surface area (Å²) in [6, 6.07) is 5.17. The Hall–Kier alpha value is -2.26. The summed E-state index contributed by atoms with van der Waals surface area (Å²) in [5.74, 6) is -1.45. The third-order valence-electron chi connectivity index (χ3n) is 4.32. The SMILES string of the molecule is N#Cc1c(NC(=O)COC(=O)CNS(=O)(=O)c2cccs2)sc2c1CCCCC2. The molecule has 0 unspecified atom stereocenters. The molecule has 0 saturated carbocycles. The molecule has 2 aromatic heterocycles. The largest absolute Gasteiger partial charge is 0.455 e. The molecule has 2 N–H and O–H groups in total. The Morgan fingerprint density at radius 2 is 2.03 bits per heavy atom. The lowest BCUT2D eigenvalue weighted by atomic mass is 10.1. The first-order chi connectivity index (χ1) is 13.9. The lowest BCUT2D eigenvalue weighted by Crippen LogP contribution is -2.32. The van der Waals surface area contributed by atoms with Gasteiger partial charge >= 0.3 is 5.97 Å². The van der Waals surface area contributed by atoms with Crippen molar-refractivity contribution in [2.24, 2.45) is 0 Å². The van der Waals surface area contributed by atoms with Crippen LogP contribution in [0.3, 0.4) is 0 Å². The Labute approximate surface area is 176 Å². The summed E-state index contributed by atoms with van der Waals surface area (Å²) in [5, 5.41) is 14.2. The first-order valence-corrected chi connectivity index (χ1v) is 12.1. The van der Waals surface area contributed by atoms with Gasteiger partial charge < -0.3 is 10.1 Å². The van der Waals surface area contributed by atoms with E-state index in [0.717, 1.165) is 53.9 Å². The zero-order chi connectivity index (χ0) is 20.9. The van der Waals surface area contributed by atoms with Crippen LogP contribution in [0, 0.1) is 11.3 Å². The van der Waals surface area contributed by atoms with Crippen LogP contribution in [-0.2, 0) is 37.2 Å². The van der Waals surface area contributed by atoms with E-state index >= 15 is 0 Å². The van der Waals surface area contributed by atoms with Gasteiger partial charge in [0.15, 0.2) is 6.61 Å². The zero-order valence-electron chi connectivity index (χ0n) is 15.4. The quantitative estimate of drug-likeness (QED) is 0.490. The van der Waals surface area contributed by atoms with Gasteiger partial charge in [-0.05, 0) is 42.7 Å². The van der Waals surface area contributed by atoms with Gasteiger partial charge in [-0.25, -0.2) is 8.42 Å². The molecule has 0 saturated heterocycles. The lowest BCUT2D eigenvalue weighted by molar-refractivity contribution is -0.146. The van der Waals surface area contributed by atoms with E-state index < -0.39 is 35.1 Å². The van der Waals surface area contributed by atoms with Crippen LogP contribution in [0.5, 0.6) is 0 Å². The fraction of sp³-hybridized carbons (Fsp3) is 0.389. The summed E-state index contributed by atoms with van der Waals surface area (Å²) in [4.78, 5) is 25.0. The van der Waals surface area contributed by atoms with Gasteiger partial charge in [-0.1, -0.05) is 12.5 Å². The molecule has 1 amide bonds. The number of aryl methyl sites for hydroxylation is 1. The molecule has 2 heterocycles. The van der Waals surface area contributed by atoms with E-state index in [2.05, 4.69) is 16.1 Å². The maximum Gasteiger partial charge on any atom is 0.321 e. The molecule has 8 nitrogen and oxygen atoms in total. The maximum absolute atomic E-state index is 12.1. The molecular weight excluding hydrogens is 434 g/mol. The topological polar surface area (TPSA) is 125 Å². The third-order valence-corrected chi connectivity index (χ3v) is 8.32. The summed E-state index contributed by atoms with van der Waals surface area (Å²) in [5.41, 5.74) is 1.49. The highest BCUT2D eigenvalue weighted by atomic mass is 32.2. The first-order valence-electron chi connectivity index (χ1n) is 8.94. The molecule has 2 aromatic rings. The molecule has 0 aromatic carbocycles. The van der Waals surface area contributed by atoms with Crippen LogP contribution in [0.4, 0.5) is 5.00 Å². The molecule has 1 aliphatic carbocycles. The smallest absolute Gasteiger partial charge is 0.321 e. The number of nitriles is 1. The predicted octanol–water partition coefficient (Wildman–Crippen LogP) is 2.41. The van der Waals surface area contributed by atoms with Crippen LogP contribution in [0.1, 0.15) is 35.3 Å². The Morgan fingerprint density at radius 1 is 1.24 bits per heavy atom. The Kier molecular flexibility index (Phi) is 7.02. The van der Waals surface area contributed by atoms with Crippen molar-refractivity contribution in [3.8, 4) is 6.07 Å². The van der Waals surface area contributed by atoms with E-state index in [9.17, 15) is 23.3 Å². The van der Waals surface area contributed by atoms with Crippen molar-refractivity contribution < 1.29 is 22.7 Å². The van der Waals surface area contributed by atoms with Crippen molar-refractivity contribution in [1.29, 1.82) is 5.26 Å². The van der Waals surface area contributed by atoms with Crippen molar-refractivity contribution in [3.63, 3.8) is 0 Å². The molecule has 0 fully saturated rings. The number of sulfonamides is 1. The highest BCUT2D eigenvalue weighted by molar-refractivity contribution is 7.91. The number of ether oxygens (including phenoxy) is 1. The molecule has 0 spiro atoms. The predicted molar refractivity (Wildman–Crippen MR) is 109 cm³/mol. The second-order valence-corrected chi connectivity index (χ2v) is 10.4. The third kappa shape index (κ3) is 5.42. The van der Waals surface area contributed by atoms with Crippen LogP contribution in [0.2, 0.25) is 0 Å². The number of hydrogen-bond acceptors (Lipinski definition) is 8. The molecular formula is C18H19N3O5S3. The van der Waals surface area contributed by atoms with Crippen LogP contribution in [0.25, 0.3) is 0 Å². The maximum atomic E-state index is 12.1. The summed E-state index contributed by atoms with van der Waals surface area (Å²) in [7, 11) is -3.78. The fourth-order valence-electron chi connectivity index (χ4n) is 2.95. The Balaban J connectivity index is 1.51. The fourth-order valence-corrected chi connectivity index (χ4v) is 6.21. The number of thiophene rings is 2. The van der Waals surface area contributed by atoms with Crippen molar-refractivity contribution in [2.45, 2.75) is 36.3 Å². The van der Waals surface area contributed by atoms with Crippen LogP contribution in [0.15, 0.2) is 21.7 Å². The van der Waals surface area contributed by atoms with Gasteiger partial charge in [0.25, 0.3) is 15.9 Å². The van der Waals surface area contributed by atoms with E-state index in [1.54, 1.807) is 11.4 Å². The number of rotatable bonds is 7. The van der Waals surface area contributed by atoms with Gasteiger partial charge in [-0.15, -0.1) is 22.7 Å². The van der Waals surface area contributed by atoms with Gasteiger partial charge in [0.1, 0.15) is 21.8 Å². The first kappa shape index (κ1) is 21.4. The normalized spacial score (nSPS) is 13.8. The van der Waals surface area contributed by atoms with Crippen molar-refractivity contribution in [1.82, 2.24) is 4.72 Å². The number of carbonyl (C=O) groups is 2. The number of hydrogen-bond donors (Lipinski definition) is 2. The minimum atomic E-state index is -3.78. The zero-order valence-corrected chi connectivity index (χ0v) is 17.8. The number of fused-ring (bicyclic) bond motifs is 1. The van der Waals surface area contributed by atoms with Gasteiger partial charge in [0.2, 0.25) is 0 Å². The number of amides is 1. The van der Waals surface area contributed by atoms with Crippen molar-refractivity contribution >= 4 is 49.6 Å². The van der Waals surface area contributed by atoms with Gasteiger partial charge in [-0.2, -0.15) is 9.98 Å². The van der Waals surface area contributed by atoms with E-state index in [-0.39, 0.29) is 4.21 Å². The second-order valence-electron chi connectivity index (χ2n) is 6.35. The summed E-state index contributed by atoms with van der Waals surface area (Å²) in [6.07, 6.45) is 4.92. The van der Waals surface area contributed by atoms with Crippen LogP contribution >= 0.6 is 22.7 Å². The van der Waals surface area contributed by atoms with E-state index in [1.807, 2.05) is 0 Å². The van der Waals surface area contributed by atoms with Gasteiger partial charge in [0, 0.05) is 4.88 Å². The van der Waals surface area contributed by atoms with E-state index in [4.69, 9.17) is 4.74 Å². The van der Waals surface area contributed by atoms with Crippen molar-refractivity contribution in [3.05, 3.63) is 33.5 Å². The highest BCUT2D eigenvalue weighted by Gasteiger charge is 2.22. The van der Waals surface area contributed by atoms with Gasteiger partial charge in [-0.3, -0.25) is 9.59 Å². The summed E-state index contributed by atoms with van der Waals surface area (Å²) < 4.78 is 30.9. The summed E-state index contributed by atoms with van der Waals surface area (Å²) in [6.45, 7) is -1.14. The molecule has 0 radical (unpaired) electrons. The molecule has 0 bridgehead atoms. The number of carbonyl (C=O) groups excluding carboxylic acids is 2. The summed E-state index contributed by atoms with van der Waals surface area (Å²) >= 11 is 2.41. The average Bonchev–Trinajstić information content (AvgIpc) is 3.28. The van der Waals surface area contributed by atoms with E-state index in [1.165, 1.54) is 17.4 Å². The molecule has 0 aliphatic heterocycles. The van der Waals surface area contributed by atoms with E-state index in [0.29, 0.717) is 10.6 Å². The number of nitrogens with one attached hydrogen (secondary N) is 2. The average molecular weight is 454 g/mol. The molecule has 29 heavy (non-hydrogen) atoms. The minimum Gasteiger partial charge on any atom is -0.455 e.